The van der Waals surface area contributed by atoms with E-state index in [0.717, 1.165) is 30.8 Å². The highest BCUT2D eigenvalue weighted by molar-refractivity contribution is 5.26. The van der Waals surface area contributed by atoms with Crippen LogP contribution in [0.3, 0.4) is 0 Å². The summed E-state index contributed by atoms with van der Waals surface area (Å²) in [5, 5.41) is 8.49. The Kier molecular flexibility index (Phi) is 11.8. The van der Waals surface area contributed by atoms with Gasteiger partial charge in [-0.1, -0.05) is 75.1 Å². The van der Waals surface area contributed by atoms with E-state index in [1.807, 2.05) is 18.2 Å². The molecule has 0 heterocycles. The Morgan fingerprint density at radius 2 is 1.64 bits per heavy atom. The Morgan fingerprint density at radius 3 is 2.33 bits per heavy atom. The molecule has 2 heteroatoms. The van der Waals surface area contributed by atoms with Crippen LogP contribution < -0.4 is 0 Å². The predicted octanol–water partition coefficient (Wildman–Crippen LogP) is 8.68. The van der Waals surface area contributed by atoms with E-state index in [0.29, 0.717) is 6.10 Å². The second-order valence-corrected chi connectivity index (χ2v) is 10.4. The van der Waals surface area contributed by atoms with Crippen molar-refractivity contribution in [1.29, 1.82) is 5.26 Å². The number of aryl methyl sites for hydroxylation is 1. The van der Waals surface area contributed by atoms with E-state index in [1.54, 1.807) is 5.56 Å². The van der Waals surface area contributed by atoms with E-state index in [9.17, 15) is 0 Å². The van der Waals surface area contributed by atoms with Crippen molar-refractivity contribution >= 4 is 0 Å². The summed E-state index contributed by atoms with van der Waals surface area (Å²) in [5.74, 6) is 2.38. The zero-order chi connectivity index (χ0) is 23.1. The Balaban J connectivity index is 1.27. The summed E-state index contributed by atoms with van der Waals surface area (Å²) in [6, 6.07) is 11.5. The van der Waals surface area contributed by atoms with Crippen LogP contribution in [-0.4, -0.2) is 12.7 Å². The fourth-order valence-corrected chi connectivity index (χ4v) is 5.66. The zero-order valence-electron chi connectivity index (χ0n) is 20.9. The highest BCUT2D eigenvalue weighted by Crippen LogP contribution is 2.36. The molecule has 3 rings (SSSR count). The predicted molar refractivity (Wildman–Crippen MR) is 139 cm³/mol. The van der Waals surface area contributed by atoms with Gasteiger partial charge in [0.15, 0.2) is 0 Å². The van der Waals surface area contributed by atoms with Gasteiger partial charge >= 0.3 is 0 Å². The minimum Gasteiger partial charge on any atom is -0.378 e. The SMILES string of the molecule is CCCCCc1ccc(C2CCC(OCC3CCC(CC/C=C/C=C/C#N)CC3)CC2)cc1. The first-order chi connectivity index (χ1) is 16.3. The molecule has 0 saturated heterocycles. The smallest absolute Gasteiger partial charge is 0.0912 e. The molecule has 0 amide bonds. The van der Waals surface area contributed by atoms with Crippen LogP contribution in [0.2, 0.25) is 0 Å². The molecular weight excluding hydrogens is 402 g/mol. The fourth-order valence-electron chi connectivity index (χ4n) is 5.66. The zero-order valence-corrected chi connectivity index (χ0v) is 20.9. The van der Waals surface area contributed by atoms with Crippen molar-refractivity contribution < 1.29 is 4.74 Å². The van der Waals surface area contributed by atoms with Gasteiger partial charge in [0.25, 0.3) is 0 Å². The lowest BCUT2D eigenvalue weighted by Gasteiger charge is -2.32. The molecule has 1 aromatic rings. The lowest BCUT2D eigenvalue weighted by Crippen LogP contribution is -2.25. The van der Waals surface area contributed by atoms with Crippen LogP contribution in [0.15, 0.2) is 48.6 Å². The minimum atomic E-state index is 0.485. The van der Waals surface area contributed by atoms with Crippen LogP contribution in [0.4, 0.5) is 0 Å². The third-order valence-electron chi connectivity index (χ3n) is 7.89. The second-order valence-electron chi connectivity index (χ2n) is 10.4. The Morgan fingerprint density at radius 1 is 0.909 bits per heavy atom. The lowest BCUT2D eigenvalue weighted by atomic mass is 9.80. The number of unbranched alkanes of at least 4 members (excludes halogenated alkanes) is 2. The molecule has 2 nitrogen and oxygen atoms in total. The van der Waals surface area contributed by atoms with E-state index in [4.69, 9.17) is 10.00 Å². The molecule has 33 heavy (non-hydrogen) atoms. The molecule has 2 fully saturated rings. The third kappa shape index (κ3) is 9.50. The van der Waals surface area contributed by atoms with Gasteiger partial charge in [-0.05, 0) is 93.1 Å². The molecule has 1 aromatic carbocycles. The van der Waals surface area contributed by atoms with Crippen molar-refractivity contribution in [1.82, 2.24) is 0 Å². The molecule has 2 aliphatic carbocycles. The summed E-state index contributed by atoms with van der Waals surface area (Å²) in [6.45, 7) is 3.25. The molecule has 0 N–H and O–H groups in total. The first kappa shape index (κ1) is 25.8. The van der Waals surface area contributed by atoms with E-state index < -0.39 is 0 Å². The fraction of sp³-hybridized carbons (Fsp3) is 0.645. The van der Waals surface area contributed by atoms with Gasteiger partial charge in [-0.15, -0.1) is 0 Å². The topological polar surface area (TPSA) is 33.0 Å². The molecule has 2 saturated carbocycles. The number of nitrogens with zero attached hydrogens (tertiary/aromatic N) is 1. The molecule has 0 aromatic heterocycles. The summed E-state index contributed by atoms with van der Waals surface area (Å²) in [5.41, 5.74) is 3.05. The van der Waals surface area contributed by atoms with Gasteiger partial charge in [0.2, 0.25) is 0 Å². The van der Waals surface area contributed by atoms with Gasteiger partial charge in [0, 0.05) is 12.7 Å². The molecular formula is C31H45NO. The van der Waals surface area contributed by atoms with Gasteiger partial charge in [-0.2, -0.15) is 5.26 Å². The number of hydrogen-bond acceptors (Lipinski definition) is 2. The van der Waals surface area contributed by atoms with E-state index in [-0.39, 0.29) is 0 Å². The van der Waals surface area contributed by atoms with E-state index >= 15 is 0 Å². The monoisotopic (exact) mass is 447 g/mol. The van der Waals surface area contributed by atoms with E-state index in [2.05, 4.69) is 37.3 Å². The third-order valence-corrected chi connectivity index (χ3v) is 7.89. The van der Waals surface area contributed by atoms with Crippen LogP contribution in [0, 0.1) is 23.2 Å². The van der Waals surface area contributed by atoms with Crippen molar-refractivity contribution in [3.05, 3.63) is 59.7 Å². The molecule has 0 spiro atoms. The summed E-state index contributed by atoms with van der Waals surface area (Å²) in [6.07, 6.45) is 26.0. The number of hydrogen-bond donors (Lipinski definition) is 0. The number of allylic oxidation sites excluding steroid dienone is 4. The number of benzene rings is 1. The first-order valence-corrected chi connectivity index (χ1v) is 13.7. The van der Waals surface area contributed by atoms with Crippen LogP contribution in [0.25, 0.3) is 0 Å². The molecule has 0 atom stereocenters. The molecule has 0 radical (unpaired) electrons. The van der Waals surface area contributed by atoms with Crippen LogP contribution in [-0.2, 0) is 11.2 Å². The van der Waals surface area contributed by atoms with Crippen molar-refractivity contribution in [2.45, 2.75) is 109 Å². The summed E-state index contributed by atoms with van der Waals surface area (Å²) >= 11 is 0. The molecule has 2 aliphatic rings. The summed E-state index contributed by atoms with van der Waals surface area (Å²) in [4.78, 5) is 0. The number of nitriles is 1. The summed E-state index contributed by atoms with van der Waals surface area (Å²) < 4.78 is 6.41. The lowest BCUT2D eigenvalue weighted by molar-refractivity contribution is -0.00474. The maximum atomic E-state index is 8.49. The van der Waals surface area contributed by atoms with Gasteiger partial charge < -0.3 is 4.74 Å². The van der Waals surface area contributed by atoms with Crippen molar-refractivity contribution in [2.24, 2.45) is 11.8 Å². The molecule has 0 bridgehead atoms. The Labute approximate surface area is 203 Å². The normalized spacial score (nSPS) is 26.1. The van der Waals surface area contributed by atoms with Crippen LogP contribution >= 0.6 is 0 Å². The number of rotatable bonds is 12. The Bertz CT molecular complexity index is 740. The minimum absolute atomic E-state index is 0.485. The highest BCUT2D eigenvalue weighted by atomic mass is 16.5. The molecule has 0 aliphatic heterocycles. The average molecular weight is 448 g/mol. The van der Waals surface area contributed by atoms with Crippen LogP contribution in [0.1, 0.15) is 107 Å². The maximum absolute atomic E-state index is 8.49. The van der Waals surface area contributed by atoms with Crippen molar-refractivity contribution in [2.75, 3.05) is 6.61 Å². The number of ether oxygens (including phenoxy) is 1. The van der Waals surface area contributed by atoms with E-state index in [1.165, 1.54) is 95.1 Å². The van der Waals surface area contributed by atoms with Gasteiger partial charge in [0.1, 0.15) is 0 Å². The van der Waals surface area contributed by atoms with Gasteiger partial charge in [-0.3, -0.25) is 0 Å². The van der Waals surface area contributed by atoms with Gasteiger partial charge in [0.05, 0.1) is 12.2 Å². The van der Waals surface area contributed by atoms with Gasteiger partial charge in [-0.25, -0.2) is 0 Å². The second kappa shape index (κ2) is 15.1. The average Bonchev–Trinajstić information content (AvgIpc) is 2.86. The maximum Gasteiger partial charge on any atom is 0.0912 e. The highest BCUT2D eigenvalue weighted by Gasteiger charge is 2.25. The molecule has 0 unspecified atom stereocenters. The standard InChI is InChI=1S/C31H45NO/c1-2-3-7-10-27-16-18-29(19-17-27)30-20-22-31(23-21-30)33-25-28-14-12-26(13-15-28)11-8-5-4-6-9-24-32/h4-6,9,16-19,26,28,30-31H,2-3,7-8,10-15,20-23,25H2,1H3/b5-4+,9-6+. The van der Waals surface area contributed by atoms with Crippen LogP contribution in [0.5, 0.6) is 0 Å². The molecule has 180 valence electrons. The Hall–Kier alpha value is -1.85. The first-order valence-electron chi connectivity index (χ1n) is 13.7. The quantitative estimate of drug-likeness (QED) is 0.182. The largest absolute Gasteiger partial charge is 0.378 e. The van der Waals surface area contributed by atoms with Crippen molar-refractivity contribution in [3.63, 3.8) is 0 Å². The van der Waals surface area contributed by atoms with Crippen molar-refractivity contribution in [3.8, 4) is 6.07 Å². The summed E-state index contributed by atoms with van der Waals surface area (Å²) in [7, 11) is 0.